The molecule has 0 aliphatic carbocycles. The number of nitrogens with zero attached hydrogens (tertiary/aromatic N) is 5. The topological polar surface area (TPSA) is 124 Å². The molecule has 2 heterocycles. The average Bonchev–Trinajstić information content (AvgIpc) is 2.89. The van der Waals surface area contributed by atoms with Crippen LogP contribution in [0.1, 0.15) is 17.0 Å². The Balaban J connectivity index is 1.87. The van der Waals surface area contributed by atoms with E-state index in [-0.39, 0.29) is 11.6 Å². The average molecular weight is 351 g/mol. The molecule has 0 unspecified atom stereocenters. The van der Waals surface area contributed by atoms with Crippen LogP contribution in [0.4, 0.5) is 17.3 Å². The fourth-order valence-electron chi connectivity index (χ4n) is 2.71. The Bertz CT molecular complexity index is 980. The molecule has 0 fully saturated rings. The summed E-state index contributed by atoms with van der Waals surface area (Å²) in [5.74, 6) is -0.277. The van der Waals surface area contributed by atoms with Crippen molar-refractivity contribution in [2.75, 3.05) is 11.2 Å². The highest BCUT2D eigenvalue weighted by Crippen LogP contribution is 2.26. The lowest BCUT2D eigenvalue weighted by atomic mass is 10.2. The molecule has 0 radical (unpaired) electrons. The van der Waals surface area contributed by atoms with E-state index < -0.39 is 10.6 Å². The van der Waals surface area contributed by atoms with Gasteiger partial charge < -0.3 is 10.3 Å². The van der Waals surface area contributed by atoms with E-state index in [4.69, 9.17) is 5.73 Å². The van der Waals surface area contributed by atoms with E-state index in [1.54, 1.807) is 6.21 Å². The van der Waals surface area contributed by atoms with Crippen LogP contribution in [-0.2, 0) is 0 Å². The maximum Gasteiger partial charge on any atom is 0.354 e. The van der Waals surface area contributed by atoms with Crippen LogP contribution in [0.2, 0.25) is 0 Å². The molecule has 0 atom stereocenters. The van der Waals surface area contributed by atoms with Crippen molar-refractivity contribution in [1.29, 1.82) is 0 Å². The van der Waals surface area contributed by atoms with Crippen LogP contribution in [0.3, 0.4) is 0 Å². The molecular formula is C17H17N7O2. The molecule has 3 rings (SSSR count). The molecule has 2 aromatic heterocycles. The predicted molar refractivity (Wildman–Crippen MR) is 99.6 cm³/mol. The molecule has 9 nitrogen and oxygen atoms in total. The number of nitrogens with two attached hydrogens (primary N) is 1. The number of anilines is 2. The van der Waals surface area contributed by atoms with Gasteiger partial charge in [0.15, 0.2) is 0 Å². The van der Waals surface area contributed by atoms with Crippen LogP contribution in [0.15, 0.2) is 47.8 Å². The maximum atomic E-state index is 11.1. The lowest BCUT2D eigenvalue weighted by molar-refractivity contribution is -0.383. The Morgan fingerprint density at radius 3 is 2.69 bits per heavy atom. The fourth-order valence-corrected chi connectivity index (χ4v) is 2.71. The van der Waals surface area contributed by atoms with E-state index in [9.17, 15) is 10.1 Å². The van der Waals surface area contributed by atoms with Crippen molar-refractivity contribution in [2.24, 2.45) is 5.10 Å². The zero-order valence-corrected chi connectivity index (χ0v) is 14.2. The Morgan fingerprint density at radius 1 is 1.27 bits per heavy atom. The van der Waals surface area contributed by atoms with Gasteiger partial charge in [0, 0.05) is 22.6 Å². The van der Waals surface area contributed by atoms with Crippen LogP contribution < -0.4 is 11.2 Å². The first-order chi connectivity index (χ1) is 12.5. The molecule has 0 saturated heterocycles. The van der Waals surface area contributed by atoms with E-state index in [2.05, 4.69) is 25.1 Å². The Labute approximate surface area is 149 Å². The summed E-state index contributed by atoms with van der Waals surface area (Å²) < 4.78 is 2.10. The molecular weight excluding hydrogens is 334 g/mol. The number of hydrogen-bond donors (Lipinski definition) is 2. The zero-order chi connectivity index (χ0) is 18.7. The van der Waals surface area contributed by atoms with Gasteiger partial charge in [0.05, 0.1) is 11.1 Å². The molecule has 0 amide bonds. The third kappa shape index (κ3) is 3.22. The lowest BCUT2D eigenvalue weighted by Gasteiger charge is -2.09. The minimum absolute atomic E-state index is 0.0596. The molecule has 9 heteroatoms. The summed E-state index contributed by atoms with van der Waals surface area (Å²) in [5.41, 5.74) is 11.7. The number of nitro groups is 1. The summed E-state index contributed by atoms with van der Waals surface area (Å²) in [7, 11) is 0. The van der Waals surface area contributed by atoms with Gasteiger partial charge in [0.2, 0.25) is 11.6 Å². The first-order valence-electron chi connectivity index (χ1n) is 7.77. The van der Waals surface area contributed by atoms with Gasteiger partial charge in [-0.3, -0.25) is 15.5 Å². The second-order valence-corrected chi connectivity index (χ2v) is 5.58. The largest absolute Gasteiger partial charge is 0.378 e. The van der Waals surface area contributed by atoms with Gasteiger partial charge >= 0.3 is 5.69 Å². The normalized spacial score (nSPS) is 11.0. The second kappa shape index (κ2) is 7.01. The highest BCUT2D eigenvalue weighted by molar-refractivity contribution is 5.83. The Hall–Kier alpha value is -3.75. The molecule has 0 spiro atoms. The summed E-state index contributed by atoms with van der Waals surface area (Å²) in [6.45, 7) is 3.98. The highest BCUT2D eigenvalue weighted by Gasteiger charge is 2.20. The van der Waals surface area contributed by atoms with E-state index in [1.165, 1.54) is 0 Å². The number of nitrogen functional groups attached to an aromatic ring is 1. The summed E-state index contributed by atoms with van der Waals surface area (Å²) in [6, 6.07) is 11.9. The summed E-state index contributed by atoms with van der Waals surface area (Å²) in [5, 5.41) is 15.2. The van der Waals surface area contributed by atoms with Crippen LogP contribution >= 0.6 is 0 Å². The molecule has 1 aromatic carbocycles. The number of nitrogens with one attached hydrogen (secondary N) is 1. The smallest absolute Gasteiger partial charge is 0.354 e. The van der Waals surface area contributed by atoms with Crippen molar-refractivity contribution in [2.45, 2.75) is 13.8 Å². The van der Waals surface area contributed by atoms with Gasteiger partial charge in [-0.05, 0) is 32.0 Å². The van der Waals surface area contributed by atoms with Gasteiger partial charge in [-0.2, -0.15) is 5.10 Å². The van der Waals surface area contributed by atoms with Crippen LogP contribution in [0.25, 0.3) is 5.69 Å². The molecule has 0 aliphatic heterocycles. The van der Waals surface area contributed by atoms with E-state index in [1.807, 2.05) is 50.2 Å². The van der Waals surface area contributed by atoms with Gasteiger partial charge in [0.1, 0.15) is 6.33 Å². The van der Waals surface area contributed by atoms with Gasteiger partial charge in [-0.25, -0.2) is 9.97 Å². The number of rotatable bonds is 5. The summed E-state index contributed by atoms with van der Waals surface area (Å²) in [6.07, 6.45) is 2.73. The molecule has 3 aromatic rings. The van der Waals surface area contributed by atoms with Crippen molar-refractivity contribution < 1.29 is 4.92 Å². The molecule has 0 bridgehead atoms. The standard InChI is InChI=1S/C17H17N7O2/c1-11-8-13(12(2)23(11)14-6-4-3-5-7-14)9-21-22-17-15(24(25)26)16(18)19-10-20-17/h3-10H,1-2H3,(H3,18,19,20,22). The summed E-state index contributed by atoms with van der Waals surface area (Å²) >= 11 is 0. The third-order valence-electron chi connectivity index (χ3n) is 3.89. The van der Waals surface area contributed by atoms with Crippen LogP contribution in [0.5, 0.6) is 0 Å². The quantitative estimate of drug-likeness (QED) is 0.414. The Kier molecular flexibility index (Phi) is 4.61. The number of aromatic nitrogens is 3. The fraction of sp³-hybridized carbons (Fsp3) is 0.118. The van der Waals surface area contributed by atoms with Crippen molar-refractivity contribution in [3.05, 3.63) is 69.8 Å². The minimum atomic E-state index is -0.644. The highest BCUT2D eigenvalue weighted by atomic mass is 16.6. The number of hydrazone groups is 1. The van der Waals surface area contributed by atoms with Crippen LogP contribution in [0, 0.1) is 24.0 Å². The van der Waals surface area contributed by atoms with E-state index >= 15 is 0 Å². The van der Waals surface area contributed by atoms with Crippen molar-refractivity contribution in [1.82, 2.24) is 14.5 Å². The first kappa shape index (κ1) is 17.1. The van der Waals surface area contributed by atoms with Gasteiger partial charge in [-0.1, -0.05) is 18.2 Å². The monoisotopic (exact) mass is 351 g/mol. The maximum absolute atomic E-state index is 11.1. The SMILES string of the molecule is Cc1cc(C=NNc2ncnc(N)c2[N+](=O)[O-])c(C)n1-c1ccccc1. The van der Waals surface area contributed by atoms with Crippen molar-refractivity contribution in [3.63, 3.8) is 0 Å². The van der Waals surface area contributed by atoms with Crippen molar-refractivity contribution in [3.8, 4) is 5.69 Å². The summed E-state index contributed by atoms with van der Waals surface area (Å²) in [4.78, 5) is 17.9. The third-order valence-corrected chi connectivity index (χ3v) is 3.89. The lowest BCUT2D eigenvalue weighted by Crippen LogP contribution is -2.05. The molecule has 3 N–H and O–H groups in total. The number of aryl methyl sites for hydroxylation is 1. The zero-order valence-electron chi connectivity index (χ0n) is 14.2. The number of para-hydroxylation sites is 1. The van der Waals surface area contributed by atoms with Gasteiger partial charge in [-0.15, -0.1) is 0 Å². The number of benzene rings is 1. The number of hydrogen-bond acceptors (Lipinski definition) is 7. The van der Waals surface area contributed by atoms with E-state index in [0.717, 1.165) is 29.0 Å². The second-order valence-electron chi connectivity index (χ2n) is 5.58. The molecule has 26 heavy (non-hydrogen) atoms. The molecule has 132 valence electrons. The Morgan fingerprint density at radius 2 is 2.00 bits per heavy atom. The van der Waals surface area contributed by atoms with Crippen LogP contribution in [-0.4, -0.2) is 25.7 Å². The van der Waals surface area contributed by atoms with Gasteiger partial charge in [0.25, 0.3) is 0 Å². The minimum Gasteiger partial charge on any atom is -0.378 e. The van der Waals surface area contributed by atoms with Crippen molar-refractivity contribution >= 4 is 23.5 Å². The van der Waals surface area contributed by atoms with E-state index in [0.29, 0.717) is 0 Å². The molecule has 0 aliphatic rings. The molecule has 0 saturated carbocycles. The first-order valence-corrected chi connectivity index (χ1v) is 7.77. The predicted octanol–water partition coefficient (Wildman–Crippen LogP) is 2.82.